The van der Waals surface area contributed by atoms with Crippen molar-refractivity contribution < 1.29 is 17.6 Å². The predicted octanol–water partition coefficient (Wildman–Crippen LogP) is 2.87. The highest BCUT2D eigenvalue weighted by atomic mass is 32.2. The van der Waals surface area contributed by atoms with E-state index < -0.39 is 9.84 Å². The third-order valence-corrected chi connectivity index (χ3v) is 6.25. The van der Waals surface area contributed by atoms with Gasteiger partial charge < -0.3 is 15.1 Å². The zero-order valence-electron chi connectivity index (χ0n) is 14.2. The maximum absolute atomic E-state index is 13.0. The molecule has 6 nitrogen and oxygen atoms in total. The lowest BCUT2D eigenvalue weighted by Crippen LogP contribution is -2.22. The molecule has 0 saturated heterocycles. The highest BCUT2D eigenvalue weighted by Gasteiger charge is 2.22. The highest BCUT2D eigenvalue weighted by molar-refractivity contribution is 7.91. The van der Waals surface area contributed by atoms with Crippen LogP contribution in [-0.2, 0) is 27.6 Å². The molecule has 0 spiro atoms. The van der Waals surface area contributed by atoms with Gasteiger partial charge in [-0.25, -0.2) is 8.42 Å². The van der Waals surface area contributed by atoms with E-state index in [2.05, 4.69) is 10.6 Å². The van der Waals surface area contributed by atoms with Crippen LogP contribution in [0.15, 0.2) is 56.7 Å². The minimum absolute atomic E-state index is 0.185. The number of carbonyl (C=O) groups excluding carboxylic acids is 1. The predicted molar refractivity (Wildman–Crippen MR) is 97.8 cm³/mol. The smallest absolute Gasteiger partial charge is 0.221 e. The van der Waals surface area contributed by atoms with E-state index in [4.69, 9.17) is 4.42 Å². The molecule has 0 unspecified atom stereocenters. The molecule has 4 rings (SSSR count). The summed E-state index contributed by atoms with van der Waals surface area (Å²) in [5.41, 5.74) is 2.35. The van der Waals surface area contributed by atoms with Crippen molar-refractivity contribution in [2.24, 2.45) is 0 Å². The molecule has 26 heavy (non-hydrogen) atoms. The van der Waals surface area contributed by atoms with E-state index in [-0.39, 0.29) is 15.7 Å². The number of hydrogen-bond donors (Lipinski definition) is 2. The summed E-state index contributed by atoms with van der Waals surface area (Å²) < 4.78 is 31.8. The molecule has 0 radical (unpaired) electrons. The number of amides is 1. The van der Waals surface area contributed by atoms with Crippen molar-refractivity contribution in [2.45, 2.75) is 29.7 Å². The summed E-state index contributed by atoms with van der Waals surface area (Å²) in [7, 11) is -3.65. The van der Waals surface area contributed by atoms with Gasteiger partial charge in [0.2, 0.25) is 15.7 Å². The molecule has 1 aromatic heterocycles. The summed E-state index contributed by atoms with van der Waals surface area (Å²) in [5, 5.41) is 6.73. The first-order valence-corrected chi connectivity index (χ1v) is 9.81. The van der Waals surface area contributed by atoms with Crippen molar-refractivity contribution in [3.8, 4) is 0 Å². The Labute approximate surface area is 151 Å². The molecule has 2 heterocycles. The average molecular weight is 370 g/mol. The Morgan fingerprint density at radius 2 is 1.85 bits per heavy atom. The van der Waals surface area contributed by atoms with E-state index in [1.807, 2.05) is 0 Å². The van der Waals surface area contributed by atoms with Gasteiger partial charge in [0.15, 0.2) is 0 Å². The molecular weight excluding hydrogens is 352 g/mol. The molecule has 7 heteroatoms. The third-order valence-electron chi connectivity index (χ3n) is 4.48. The van der Waals surface area contributed by atoms with E-state index in [9.17, 15) is 13.2 Å². The van der Waals surface area contributed by atoms with Crippen LogP contribution < -0.4 is 10.6 Å². The van der Waals surface area contributed by atoms with Gasteiger partial charge >= 0.3 is 0 Å². The molecule has 2 N–H and O–H groups in total. The Morgan fingerprint density at radius 3 is 2.58 bits per heavy atom. The summed E-state index contributed by atoms with van der Waals surface area (Å²) >= 11 is 0. The largest absolute Gasteiger partial charge is 0.459 e. The fourth-order valence-electron chi connectivity index (χ4n) is 3.23. The van der Waals surface area contributed by atoms with E-state index in [1.165, 1.54) is 19.1 Å². The second-order valence-corrected chi connectivity index (χ2v) is 8.25. The SMILES string of the molecule is CC(=O)Nc1ccc(S(=O)(=O)c2ccc3oc4c(c3c2)CCNC4)cc1. The van der Waals surface area contributed by atoms with Crippen molar-refractivity contribution in [1.82, 2.24) is 5.32 Å². The maximum atomic E-state index is 13.0. The van der Waals surface area contributed by atoms with Gasteiger partial charge in [-0.3, -0.25) is 4.79 Å². The van der Waals surface area contributed by atoms with Crippen LogP contribution in [0.4, 0.5) is 5.69 Å². The van der Waals surface area contributed by atoms with Gasteiger partial charge in [-0.1, -0.05) is 0 Å². The minimum atomic E-state index is -3.65. The molecule has 1 aliphatic heterocycles. The number of furan rings is 1. The van der Waals surface area contributed by atoms with Gasteiger partial charge in [-0.05, 0) is 55.4 Å². The number of nitrogens with one attached hydrogen (secondary N) is 2. The van der Waals surface area contributed by atoms with Crippen LogP contribution in [0.3, 0.4) is 0 Å². The van der Waals surface area contributed by atoms with Crippen LogP contribution in [-0.4, -0.2) is 20.9 Å². The first-order chi connectivity index (χ1) is 12.4. The summed E-state index contributed by atoms with van der Waals surface area (Å²) in [6.45, 7) is 2.92. The molecule has 2 aromatic carbocycles. The second-order valence-electron chi connectivity index (χ2n) is 6.30. The van der Waals surface area contributed by atoms with Gasteiger partial charge in [0.1, 0.15) is 11.3 Å². The van der Waals surface area contributed by atoms with Gasteiger partial charge in [0, 0.05) is 23.6 Å². The van der Waals surface area contributed by atoms with Crippen molar-refractivity contribution >= 4 is 32.4 Å². The highest BCUT2D eigenvalue weighted by Crippen LogP contribution is 2.32. The molecule has 0 atom stereocenters. The Kier molecular flexibility index (Phi) is 4.05. The topological polar surface area (TPSA) is 88.4 Å². The maximum Gasteiger partial charge on any atom is 0.221 e. The molecule has 3 aromatic rings. The molecule has 0 aliphatic carbocycles. The molecule has 0 fully saturated rings. The van der Waals surface area contributed by atoms with Crippen molar-refractivity contribution in [1.29, 1.82) is 0 Å². The Morgan fingerprint density at radius 1 is 1.12 bits per heavy atom. The average Bonchev–Trinajstić information content (AvgIpc) is 2.99. The summed E-state index contributed by atoms with van der Waals surface area (Å²) in [4.78, 5) is 11.5. The molecule has 1 aliphatic rings. The quantitative estimate of drug-likeness (QED) is 0.740. The van der Waals surface area contributed by atoms with Gasteiger partial charge in [0.25, 0.3) is 0 Å². The van der Waals surface area contributed by atoms with Crippen LogP contribution in [0, 0.1) is 0 Å². The number of benzene rings is 2. The zero-order chi connectivity index (χ0) is 18.3. The zero-order valence-corrected chi connectivity index (χ0v) is 15.0. The fourth-order valence-corrected chi connectivity index (χ4v) is 4.52. The second kappa shape index (κ2) is 6.26. The summed E-state index contributed by atoms with van der Waals surface area (Å²) in [5.74, 6) is 0.672. The van der Waals surface area contributed by atoms with E-state index in [0.717, 1.165) is 29.7 Å². The van der Waals surface area contributed by atoms with E-state index in [0.29, 0.717) is 17.8 Å². The van der Waals surface area contributed by atoms with Gasteiger partial charge in [-0.2, -0.15) is 0 Å². The molecular formula is C19H18N2O4S. The number of anilines is 1. The first-order valence-electron chi connectivity index (χ1n) is 8.33. The summed E-state index contributed by atoms with van der Waals surface area (Å²) in [6, 6.07) is 11.1. The Bertz CT molecular complexity index is 1100. The number of rotatable bonds is 3. The monoisotopic (exact) mass is 370 g/mol. The van der Waals surface area contributed by atoms with Gasteiger partial charge in [-0.15, -0.1) is 0 Å². The van der Waals surface area contributed by atoms with Crippen LogP contribution in [0.5, 0.6) is 0 Å². The summed E-state index contributed by atoms with van der Waals surface area (Å²) in [6.07, 6.45) is 0.817. The third kappa shape index (κ3) is 2.89. The van der Waals surface area contributed by atoms with Crippen molar-refractivity contribution in [3.63, 3.8) is 0 Å². The molecule has 0 bridgehead atoms. The lowest BCUT2D eigenvalue weighted by atomic mass is 10.1. The number of sulfone groups is 1. The normalized spacial score (nSPS) is 14.2. The standard InChI is InChI=1S/C19H18N2O4S/c1-12(22)21-13-2-4-14(5-3-13)26(23,24)15-6-7-18-17(10-15)16-8-9-20-11-19(16)25-18/h2-7,10,20H,8-9,11H2,1H3,(H,21,22). The van der Waals surface area contributed by atoms with Crippen LogP contribution in [0.2, 0.25) is 0 Å². The lowest BCUT2D eigenvalue weighted by Gasteiger charge is -2.11. The van der Waals surface area contributed by atoms with Crippen LogP contribution >= 0.6 is 0 Å². The Balaban J connectivity index is 1.74. The first kappa shape index (κ1) is 16.8. The van der Waals surface area contributed by atoms with E-state index >= 15 is 0 Å². The molecule has 0 saturated carbocycles. The molecule has 1 amide bonds. The number of fused-ring (bicyclic) bond motifs is 3. The number of carbonyl (C=O) groups is 1. The Hall–Kier alpha value is -2.64. The van der Waals surface area contributed by atoms with Crippen LogP contribution in [0.25, 0.3) is 11.0 Å². The van der Waals surface area contributed by atoms with Crippen molar-refractivity contribution in [2.75, 3.05) is 11.9 Å². The molecule has 134 valence electrons. The lowest BCUT2D eigenvalue weighted by molar-refractivity contribution is -0.114. The fraction of sp³-hybridized carbons (Fsp3) is 0.211. The van der Waals surface area contributed by atoms with Crippen molar-refractivity contribution in [3.05, 3.63) is 53.8 Å². The number of hydrogen-bond acceptors (Lipinski definition) is 5. The minimum Gasteiger partial charge on any atom is -0.459 e. The van der Waals surface area contributed by atoms with Gasteiger partial charge in [0.05, 0.1) is 16.3 Å². The van der Waals surface area contributed by atoms with E-state index in [1.54, 1.807) is 30.3 Å². The van der Waals surface area contributed by atoms with Crippen LogP contribution in [0.1, 0.15) is 18.2 Å².